The number of aromatic nitrogens is 1. The van der Waals surface area contributed by atoms with E-state index < -0.39 is 0 Å². The van der Waals surface area contributed by atoms with Crippen LogP contribution >= 0.6 is 11.6 Å². The van der Waals surface area contributed by atoms with E-state index in [1.165, 1.54) is 12.3 Å². The Kier molecular flexibility index (Phi) is 3.32. The van der Waals surface area contributed by atoms with Crippen LogP contribution in [0.1, 0.15) is 23.0 Å². The fourth-order valence-electron chi connectivity index (χ4n) is 2.35. The third kappa shape index (κ3) is 2.34. The number of hydrogen-bond acceptors (Lipinski definition) is 3. The quantitative estimate of drug-likeness (QED) is 0.880. The Labute approximate surface area is 126 Å². The highest BCUT2D eigenvalue weighted by atomic mass is 35.5. The van der Waals surface area contributed by atoms with Crippen molar-refractivity contribution in [2.24, 2.45) is 0 Å². The fraction of sp³-hybridized carbons (Fsp3) is 0.200. The van der Waals surface area contributed by atoms with Crippen molar-refractivity contribution in [3.05, 3.63) is 46.7 Å². The minimum atomic E-state index is -0.189. The molecule has 106 valence electrons. The molecule has 3 rings (SSSR count). The highest BCUT2D eigenvalue weighted by Crippen LogP contribution is 2.39. The molecule has 1 aromatic heterocycles. The summed E-state index contributed by atoms with van der Waals surface area (Å²) in [6, 6.07) is 8.80. The second kappa shape index (κ2) is 5.15. The topological polar surface area (TPSA) is 69.1 Å². The molecule has 2 aromatic rings. The molecule has 0 spiro atoms. The first kappa shape index (κ1) is 13.5. The predicted octanol–water partition coefficient (Wildman–Crippen LogP) is 2.97. The first-order valence-electron chi connectivity index (χ1n) is 6.45. The van der Waals surface area contributed by atoms with E-state index in [0.717, 1.165) is 0 Å². The van der Waals surface area contributed by atoms with Crippen LogP contribution in [-0.2, 0) is 0 Å². The zero-order chi connectivity index (χ0) is 15.0. The minimum absolute atomic E-state index is 0.157. The van der Waals surface area contributed by atoms with Gasteiger partial charge >= 0.3 is 0 Å². The zero-order valence-corrected chi connectivity index (χ0v) is 12.0. The number of benzene rings is 1. The molecule has 0 saturated carbocycles. The van der Waals surface area contributed by atoms with Crippen molar-refractivity contribution in [3.8, 4) is 11.8 Å². The Morgan fingerprint density at radius 2 is 2.38 bits per heavy atom. The maximum absolute atomic E-state index is 12.6. The Morgan fingerprint density at radius 1 is 1.57 bits per heavy atom. The molecule has 1 N–H and O–H groups in total. The Hall–Kier alpha value is -2.45. The van der Waals surface area contributed by atoms with E-state index in [9.17, 15) is 4.79 Å². The predicted molar refractivity (Wildman–Crippen MR) is 78.7 cm³/mol. The minimum Gasteiger partial charge on any atom is -0.485 e. The van der Waals surface area contributed by atoms with Crippen LogP contribution in [0.4, 0.5) is 5.69 Å². The molecule has 1 aliphatic heterocycles. The average molecular weight is 302 g/mol. The lowest BCUT2D eigenvalue weighted by atomic mass is 10.1. The number of aromatic amines is 1. The number of rotatable bonds is 1. The lowest BCUT2D eigenvalue weighted by Gasteiger charge is -2.33. The summed E-state index contributed by atoms with van der Waals surface area (Å²) in [7, 11) is 0. The molecule has 1 aliphatic rings. The number of ether oxygens (including phenoxy) is 1. The molecule has 0 aliphatic carbocycles. The van der Waals surface area contributed by atoms with E-state index in [0.29, 0.717) is 34.3 Å². The summed E-state index contributed by atoms with van der Waals surface area (Å²) in [6.45, 7) is 2.31. The van der Waals surface area contributed by atoms with Gasteiger partial charge in [0.05, 0.1) is 22.8 Å². The maximum atomic E-state index is 12.6. The van der Waals surface area contributed by atoms with E-state index in [-0.39, 0.29) is 12.0 Å². The highest BCUT2D eigenvalue weighted by molar-refractivity contribution is 6.32. The van der Waals surface area contributed by atoms with Gasteiger partial charge in [-0.05, 0) is 25.1 Å². The average Bonchev–Trinajstić information content (AvgIpc) is 2.96. The highest BCUT2D eigenvalue weighted by Gasteiger charge is 2.30. The molecule has 1 aromatic carbocycles. The summed E-state index contributed by atoms with van der Waals surface area (Å²) in [5, 5.41) is 9.31. The van der Waals surface area contributed by atoms with Gasteiger partial charge in [-0.15, -0.1) is 0 Å². The summed E-state index contributed by atoms with van der Waals surface area (Å²) in [5.41, 5.74) is 1.43. The second-order valence-corrected chi connectivity index (χ2v) is 5.25. The number of amides is 1. The lowest BCUT2D eigenvalue weighted by Crippen LogP contribution is -2.42. The van der Waals surface area contributed by atoms with Gasteiger partial charge in [-0.2, -0.15) is 5.26 Å². The smallest absolute Gasteiger partial charge is 0.260 e. The zero-order valence-electron chi connectivity index (χ0n) is 11.3. The van der Waals surface area contributed by atoms with E-state index in [2.05, 4.69) is 4.98 Å². The number of carbonyl (C=O) groups is 1. The molecule has 0 saturated heterocycles. The summed E-state index contributed by atoms with van der Waals surface area (Å²) in [6.07, 6.45) is 1.38. The normalized spacial score (nSPS) is 16.8. The molecular weight excluding hydrogens is 290 g/mol. The molecular formula is C15H12ClN3O2. The van der Waals surface area contributed by atoms with Crippen molar-refractivity contribution in [2.75, 3.05) is 11.4 Å². The number of carbonyl (C=O) groups excluding carboxylic acids is 1. The number of anilines is 1. The third-order valence-electron chi connectivity index (χ3n) is 3.29. The summed E-state index contributed by atoms with van der Waals surface area (Å²) < 4.78 is 5.72. The first-order valence-corrected chi connectivity index (χ1v) is 6.83. The number of nitriles is 1. The van der Waals surface area contributed by atoms with Gasteiger partial charge in [0.2, 0.25) is 0 Å². The van der Waals surface area contributed by atoms with Crippen molar-refractivity contribution in [1.82, 2.24) is 4.98 Å². The van der Waals surface area contributed by atoms with Crippen LogP contribution in [0.25, 0.3) is 0 Å². The molecule has 0 bridgehead atoms. The number of para-hydroxylation sites is 1. The van der Waals surface area contributed by atoms with E-state index in [4.69, 9.17) is 21.6 Å². The van der Waals surface area contributed by atoms with Gasteiger partial charge in [0.1, 0.15) is 17.9 Å². The number of H-pyrrole nitrogens is 1. The summed E-state index contributed by atoms with van der Waals surface area (Å²) in [5.74, 6) is 0.328. The standard InChI is InChI=1S/C15H12ClN3O2/c1-9-8-19(13-4-2-3-12(16)14(13)21-9)15(20)10-5-11(6-17)18-7-10/h2-5,7,9,18H,8H2,1H3/t9-/m0/s1. The van der Waals surface area contributed by atoms with Gasteiger partial charge in [-0.25, -0.2) is 0 Å². The van der Waals surface area contributed by atoms with Gasteiger partial charge < -0.3 is 14.6 Å². The molecule has 6 heteroatoms. The van der Waals surface area contributed by atoms with Gasteiger partial charge in [0.15, 0.2) is 5.75 Å². The Morgan fingerprint density at radius 3 is 3.10 bits per heavy atom. The largest absolute Gasteiger partial charge is 0.485 e. The SMILES string of the molecule is C[C@H]1CN(C(=O)c2c[nH]c(C#N)c2)c2cccc(Cl)c2O1. The third-order valence-corrected chi connectivity index (χ3v) is 3.59. The van der Waals surface area contributed by atoms with Crippen LogP contribution in [0.2, 0.25) is 5.02 Å². The number of halogens is 1. The lowest BCUT2D eigenvalue weighted by molar-refractivity contribution is 0.0961. The van der Waals surface area contributed by atoms with E-state index in [1.807, 2.05) is 13.0 Å². The van der Waals surface area contributed by atoms with Crippen molar-refractivity contribution in [2.45, 2.75) is 13.0 Å². The molecule has 0 unspecified atom stereocenters. The molecule has 5 nitrogen and oxygen atoms in total. The van der Waals surface area contributed by atoms with Crippen LogP contribution < -0.4 is 9.64 Å². The number of fused-ring (bicyclic) bond motifs is 1. The van der Waals surface area contributed by atoms with Crippen molar-refractivity contribution >= 4 is 23.2 Å². The maximum Gasteiger partial charge on any atom is 0.260 e. The number of hydrogen-bond donors (Lipinski definition) is 1. The van der Waals surface area contributed by atoms with Gasteiger partial charge in [0.25, 0.3) is 5.91 Å². The van der Waals surface area contributed by atoms with Gasteiger partial charge in [0, 0.05) is 6.20 Å². The molecule has 1 atom stereocenters. The van der Waals surface area contributed by atoms with Crippen LogP contribution in [0.3, 0.4) is 0 Å². The van der Waals surface area contributed by atoms with E-state index in [1.54, 1.807) is 23.1 Å². The van der Waals surface area contributed by atoms with Crippen LogP contribution in [0.15, 0.2) is 30.5 Å². The number of nitrogens with one attached hydrogen (secondary N) is 1. The summed E-state index contributed by atoms with van der Waals surface area (Å²) >= 11 is 6.14. The Balaban J connectivity index is 2.01. The van der Waals surface area contributed by atoms with Crippen molar-refractivity contribution < 1.29 is 9.53 Å². The second-order valence-electron chi connectivity index (χ2n) is 4.85. The molecule has 2 heterocycles. The van der Waals surface area contributed by atoms with E-state index >= 15 is 0 Å². The molecule has 0 fully saturated rings. The van der Waals surface area contributed by atoms with Gasteiger partial charge in [-0.1, -0.05) is 17.7 Å². The van der Waals surface area contributed by atoms with Crippen LogP contribution in [0, 0.1) is 11.3 Å². The molecule has 1 amide bonds. The van der Waals surface area contributed by atoms with Crippen molar-refractivity contribution in [1.29, 1.82) is 5.26 Å². The molecule has 21 heavy (non-hydrogen) atoms. The number of nitrogens with zero attached hydrogens (tertiary/aromatic N) is 2. The monoisotopic (exact) mass is 301 g/mol. The van der Waals surface area contributed by atoms with Gasteiger partial charge in [-0.3, -0.25) is 4.79 Å². The molecule has 0 radical (unpaired) electrons. The Bertz CT molecular complexity index is 748. The van der Waals surface area contributed by atoms with Crippen LogP contribution in [-0.4, -0.2) is 23.5 Å². The first-order chi connectivity index (χ1) is 10.1. The van der Waals surface area contributed by atoms with Crippen LogP contribution in [0.5, 0.6) is 5.75 Å². The van der Waals surface area contributed by atoms with Crippen molar-refractivity contribution in [3.63, 3.8) is 0 Å². The fourth-order valence-corrected chi connectivity index (χ4v) is 2.57. The summed E-state index contributed by atoms with van der Waals surface area (Å²) in [4.78, 5) is 17.0.